The van der Waals surface area contributed by atoms with Crippen molar-refractivity contribution < 1.29 is 4.74 Å². The van der Waals surface area contributed by atoms with Crippen molar-refractivity contribution in [2.75, 3.05) is 6.61 Å². The third-order valence-electron chi connectivity index (χ3n) is 2.51. The second-order valence-electron chi connectivity index (χ2n) is 5.58. The van der Waals surface area contributed by atoms with E-state index in [4.69, 9.17) is 10.5 Å². The number of hydrogen-bond acceptors (Lipinski definition) is 3. The van der Waals surface area contributed by atoms with Gasteiger partial charge in [0.05, 0.1) is 10.2 Å². The molecule has 0 spiro atoms. The van der Waals surface area contributed by atoms with Crippen LogP contribution in [0.2, 0.25) is 0 Å². The van der Waals surface area contributed by atoms with Gasteiger partial charge in [0.1, 0.15) is 5.76 Å². The summed E-state index contributed by atoms with van der Waals surface area (Å²) in [5.41, 5.74) is 7.17. The van der Waals surface area contributed by atoms with E-state index in [0.717, 1.165) is 22.2 Å². The quantitative estimate of drug-likeness (QED) is 0.427. The summed E-state index contributed by atoms with van der Waals surface area (Å²) in [5, 5.41) is 4.25. The molecule has 0 saturated heterocycles. The Morgan fingerprint density at radius 3 is 2.74 bits per heavy atom. The van der Waals surface area contributed by atoms with E-state index < -0.39 is 0 Å². The average Bonchev–Trinajstić information content (AvgIpc) is 2.84. The lowest BCUT2D eigenvalue weighted by atomic mass is 9.92. The molecule has 0 aliphatic heterocycles. The van der Waals surface area contributed by atoms with Crippen LogP contribution in [0.3, 0.4) is 0 Å². The van der Waals surface area contributed by atoms with E-state index in [9.17, 15) is 0 Å². The van der Waals surface area contributed by atoms with E-state index >= 15 is 0 Å². The fraction of sp³-hybridized carbons (Fsp3) is 0.467. The van der Waals surface area contributed by atoms with E-state index in [0.29, 0.717) is 6.61 Å². The highest BCUT2D eigenvalue weighted by molar-refractivity contribution is 14.1. The molecular weight excluding hydrogens is 369 g/mol. The van der Waals surface area contributed by atoms with Gasteiger partial charge in [0.25, 0.3) is 0 Å². The lowest BCUT2D eigenvalue weighted by Crippen LogP contribution is -2.05. The highest BCUT2D eigenvalue weighted by Crippen LogP contribution is 2.25. The Hall–Kier alpha value is -0.490. The number of nitrogens with two attached hydrogens (primary N) is 1. The molecular formula is C15H22INOS. The maximum atomic E-state index is 5.87. The van der Waals surface area contributed by atoms with Gasteiger partial charge in [0, 0.05) is 12.6 Å². The zero-order valence-electron chi connectivity index (χ0n) is 11.8. The topological polar surface area (TPSA) is 35.2 Å². The summed E-state index contributed by atoms with van der Waals surface area (Å²) in [6.45, 7) is 7.33. The van der Waals surface area contributed by atoms with E-state index in [1.807, 2.05) is 0 Å². The molecule has 0 radical (unpaired) electrons. The summed E-state index contributed by atoms with van der Waals surface area (Å²) in [6.07, 6.45) is 5.64. The maximum Gasteiger partial charge on any atom is 0.130 e. The van der Waals surface area contributed by atoms with E-state index in [1.54, 1.807) is 17.5 Å². The van der Waals surface area contributed by atoms with Crippen molar-refractivity contribution in [2.24, 2.45) is 11.1 Å². The lowest BCUT2D eigenvalue weighted by molar-refractivity contribution is 0.224. The normalized spacial score (nSPS) is 13.7. The van der Waals surface area contributed by atoms with Crippen LogP contribution in [0.4, 0.5) is 0 Å². The van der Waals surface area contributed by atoms with Gasteiger partial charge >= 0.3 is 0 Å². The largest absolute Gasteiger partial charge is 0.492 e. The van der Waals surface area contributed by atoms with E-state index in [2.05, 4.69) is 66.3 Å². The predicted octanol–water partition coefficient (Wildman–Crippen LogP) is 4.86. The Kier molecular flexibility index (Phi) is 6.93. The number of thiophene rings is 1. The van der Waals surface area contributed by atoms with Crippen molar-refractivity contribution in [3.8, 4) is 0 Å². The minimum Gasteiger partial charge on any atom is -0.492 e. The van der Waals surface area contributed by atoms with Crippen LogP contribution in [0.25, 0.3) is 0 Å². The SMILES string of the molecule is CC(C)(C)C/C=C(OCCc1ccsc1)\C(I)=C/N. The highest BCUT2D eigenvalue weighted by Gasteiger charge is 2.10. The Bertz CT molecular complexity index is 429. The Labute approximate surface area is 133 Å². The van der Waals surface area contributed by atoms with Crippen LogP contribution in [0.1, 0.15) is 32.8 Å². The molecule has 2 nitrogen and oxygen atoms in total. The first kappa shape index (κ1) is 16.6. The van der Waals surface area contributed by atoms with Gasteiger partial charge < -0.3 is 10.5 Å². The molecule has 1 aromatic heterocycles. The Morgan fingerprint density at radius 2 is 2.21 bits per heavy atom. The molecule has 4 heteroatoms. The zero-order valence-corrected chi connectivity index (χ0v) is 14.8. The molecule has 19 heavy (non-hydrogen) atoms. The van der Waals surface area contributed by atoms with Crippen molar-refractivity contribution in [3.05, 3.63) is 44.0 Å². The van der Waals surface area contributed by atoms with Crippen LogP contribution < -0.4 is 5.73 Å². The molecule has 0 aliphatic rings. The van der Waals surface area contributed by atoms with Crippen LogP contribution >= 0.6 is 33.9 Å². The minimum atomic E-state index is 0.257. The van der Waals surface area contributed by atoms with Crippen molar-refractivity contribution >= 4 is 33.9 Å². The fourth-order valence-corrected chi connectivity index (χ4v) is 2.50. The molecule has 0 amide bonds. The molecule has 0 bridgehead atoms. The van der Waals surface area contributed by atoms with Gasteiger partial charge in [-0.25, -0.2) is 0 Å². The molecule has 0 aliphatic carbocycles. The summed E-state index contributed by atoms with van der Waals surface area (Å²) in [5.74, 6) is 0.897. The van der Waals surface area contributed by atoms with Crippen molar-refractivity contribution in [2.45, 2.75) is 33.6 Å². The molecule has 0 saturated carbocycles. The molecule has 0 unspecified atom stereocenters. The second kappa shape index (κ2) is 7.94. The molecule has 106 valence electrons. The van der Waals surface area contributed by atoms with Gasteiger partial charge in [-0.2, -0.15) is 11.3 Å². The number of allylic oxidation sites excluding steroid dienone is 2. The second-order valence-corrected chi connectivity index (χ2v) is 7.52. The van der Waals surface area contributed by atoms with Crippen LogP contribution in [-0.4, -0.2) is 6.61 Å². The summed E-state index contributed by atoms with van der Waals surface area (Å²) in [6, 6.07) is 2.14. The number of rotatable bonds is 6. The Morgan fingerprint density at radius 1 is 1.47 bits per heavy atom. The first-order chi connectivity index (χ1) is 8.92. The molecule has 2 N–H and O–H groups in total. The molecule has 0 fully saturated rings. The van der Waals surface area contributed by atoms with Crippen molar-refractivity contribution in [1.29, 1.82) is 0 Å². The first-order valence-corrected chi connectivity index (χ1v) is 8.36. The van der Waals surface area contributed by atoms with Crippen LogP contribution in [-0.2, 0) is 11.2 Å². The van der Waals surface area contributed by atoms with Gasteiger partial charge in [-0.05, 0) is 62.9 Å². The lowest BCUT2D eigenvalue weighted by Gasteiger charge is -2.17. The Balaban J connectivity index is 2.55. The summed E-state index contributed by atoms with van der Waals surface area (Å²) >= 11 is 3.94. The highest BCUT2D eigenvalue weighted by atomic mass is 127. The van der Waals surface area contributed by atoms with Gasteiger partial charge in [-0.15, -0.1) is 0 Å². The summed E-state index contributed by atoms with van der Waals surface area (Å²) in [7, 11) is 0. The van der Waals surface area contributed by atoms with Crippen molar-refractivity contribution in [3.63, 3.8) is 0 Å². The van der Waals surface area contributed by atoms with Crippen LogP contribution in [0.5, 0.6) is 0 Å². The van der Waals surface area contributed by atoms with Gasteiger partial charge in [-0.1, -0.05) is 20.8 Å². The zero-order chi connectivity index (χ0) is 14.3. The molecule has 1 aromatic rings. The number of hydrogen-bond donors (Lipinski definition) is 1. The molecule has 1 heterocycles. The molecule has 1 rings (SSSR count). The third-order valence-corrected chi connectivity index (χ3v) is 4.13. The monoisotopic (exact) mass is 391 g/mol. The minimum absolute atomic E-state index is 0.257. The molecule has 0 aromatic carbocycles. The summed E-state index contributed by atoms with van der Waals surface area (Å²) < 4.78 is 6.84. The maximum absolute atomic E-state index is 5.87. The standard InChI is InChI=1S/C15H22INOS/c1-15(2,3)7-4-14(13(16)10-17)18-8-5-12-6-9-19-11-12/h4,6,9-11H,5,7-8,17H2,1-3H3/b13-10+,14-4+. The van der Waals surface area contributed by atoms with Gasteiger partial charge in [0.2, 0.25) is 0 Å². The van der Waals surface area contributed by atoms with Crippen LogP contribution in [0, 0.1) is 5.41 Å². The fourth-order valence-electron chi connectivity index (χ4n) is 1.42. The number of ether oxygens (including phenoxy) is 1. The van der Waals surface area contributed by atoms with Gasteiger partial charge in [0.15, 0.2) is 0 Å². The third kappa shape index (κ3) is 7.01. The van der Waals surface area contributed by atoms with Crippen molar-refractivity contribution in [1.82, 2.24) is 0 Å². The molecule has 0 atom stereocenters. The predicted molar refractivity (Wildman–Crippen MR) is 92.4 cm³/mol. The van der Waals surface area contributed by atoms with E-state index in [1.165, 1.54) is 5.56 Å². The van der Waals surface area contributed by atoms with E-state index in [-0.39, 0.29) is 5.41 Å². The van der Waals surface area contributed by atoms with Gasteiger partial charge in [-0.3, -0.25) is 0 Å². The number of halogens is 1. The van der Waals surface area contributed by atoms with Crippen LogP contribution in [0.15, 0.2) is 38.4 Å². The smallest absolute Gasteiger partial charge is 0.130 e. The summed E-state index contributed by atoms with van der Waals surface area (Å²) in [4.78, 5) is 0. The first-order valence-electron chi connectivity index (χ1n) is 6.34. The average molecular weight is 391 g/mol.